The maximum atomic E-state index is 12.9. The van der Waals surface area contributed by atoms with Crippen LogP contribution in [0.1, 0.15) is 0 Å². The summed E-state index contributed by atoms with van der Waals surface area (Å²) in [6.45, 7) is 0. The molecule has 0 aliphatic heterocycles. The summed E-state index contributed by atoms with van der Waals surface area (Å²) < 4.78 is 28.3. The largest absolute Gasteiger partial charge is 0.506 e. The van der Waals surface area contributed by atoms with E-state index in [0.29, 0.717) is 16.5 Å². The fraction of sp³-hybridized carbons (Fsp3) is 0. The molecular weight excluding hydrogens is 370 g/mol. The fourth-order valence-electron chi connectivity index (χ4n) is 2.95. The quantitative estimate of drug-likeness (QED) is 0.480. The highest BCUT2D eigenvalue weighted by molar-refractivity contribution is 7.92. The Balaban J connectivity index is 1.83. The van der Waals surface area contributed by atoms with Gasteiger partial charge in [0.15, 0.2) is 0 Å². The van der Waals surface area contributed by atoms with Gasteiger partial charge in [0.05, 0.1) is 15.6 Å². The monoisotopic (exact) mass is 383 g/mol. The first-order valence-corrected chi connectivity index (χ1v) is 9.74. The highest BCUT2D eigenvalue weighted by Gasteiger charge is 2.18. The average Bonchev–Trinajstić information content (AvgIpc) is 2.65. The van der Waals surface area contributed by atoms with Crippen molar-refractivity contribution in [1.82, 2.24) is 0 Å². The minimum Gasteiger partial charge on any atom is -0.506 e. The Morgan fingerprint density at radius 2 is 1.46 bits per heavy atom. The molecule has 0 fully saturated rings. The first kappa shape index (κ1) is 16.7. The van der Waals surface area contributed by atoms with Crippen LogP contribution in [0.4, 0.5) is 5.69 Å². The van der Waals surface area contributed by atoms with Crippen LogP contribution < -0.4 is 4.72 Å². The minimum atomic E-state index is -3.82. The van der Waals surface area contributed by atoms with Gasteiger partial charge in [0.25, 0.3) is 10.0 Å². The lowest BCUT2D eigenvalue weighted by Crippen LogP contribution is -2.13. The Morgan fingerprint density at radius 1 is 0.808 bits per heavy atom. The highest BCUT2D eigenvalue weighted by atomic mass is 35.5. The van der Waals surface area contributed by atoms with Crippen LogP contribution in [0.3, 0.4) is 0 Å². The lowest BCUT2D eigenvalue weighted by atomic mass is 10.1. The Hall–Kier alpha value is -2.76. The molecule has 0 heterocycles. The smallest absolute Gasteiger partial charge is 0.261 e. The van der Waals surface area contributed by atoms with E-state index in [2.05, 4.69) is 4.72 Å². The van der Waals surface area contributed by atoms with E-state index >= 15 is 0 Å². The van der Waals surface area contributed by atoms with Gasteiger partial charge in [-0.3, -0.25) is 4.72 Å². The minimum absolute atomic E-state index is 0.0732. The number of phenolic OH excluding ortho intramolecular Hbond substituents is 1. The SMILES string of the molecule is O=S(=O)(Nc1cc(Cl)c(O)c2ccccc12)c1ccc2ccccc2c1. The van der Waals surface area contributed by atoms with E-state index in [4.69, 9.17) is 11.6 Å². The van der Waals surface area contributed by atoms with Gasteiger partial charge in [-0.2, -0.15) is 0 Å². The van der Waals surface area contributed by atoms with Crippen molar-refractivity contribution < 1.29 is 13.5 Å². The summed E-state index contributed by atoms with van der Waals surface area (Å²) in [6.07, 6.45) is 0. The molecule has 4 aromatic carbocycles. The second-order valence-corrected chi connectivity index (χ2v) is 8.00. The van der Waals surface area contributed by atoms with Crippen LogP contribution in [0.15, 0.2) is 77.7 Å². The van der Waals surface area contributed by atoms with Crippen molar-refractivity contribution in [1.29, 1.82) is 0 Å². The molecule has 26 heavy (non-hydrogen) atoms. The number of hydrogen-bond acceptors (Lipinski definition) is 3. The lowest BCUT2D eigenvalue weighted by molar-refractivity contribution is 0.482. The first-order valence-electron chi connectivity index (χ1n) is 7.87. The zero-order chi connectivity index (χ0) is 18.3. The summed E-state index contributed by atoms with van der Waals surface area (Å²) in [6, 6.07) is 20.9. The number of fused-ring (bicyclic) bond motifs is 2. The molecule has 0 saturated heterocycles. The van der Waals surface area contributed by atoms with Gasteiger partial charge in [0.2, 0.25) is 0 Å². The molecule has 130 valence electrons. The number of nitrogens with one attached hydrogen (secondary N) is 1. The molecular formula is C20H14ClNO3S. The Morgan fingerprint density at radius 3 is 2.23 bits per heavy atom. The van der Waals surface area contributed by atoms with Crippen LogP contribution in [-0.2, 0) is 10.0 Å². The molecule has 0 aromatic heterocycles. The van der Waals surface area contributed by atoms with Crippen molar-refractivity contribution in [3.63, 3.8) is 0 Å². The van der Waals surface area contributed by atoms with Crippen LogP contribution in [0, 0.1) is 0 Å². The van der Waals surface area contributed by atoms with Crippen molar-refractivity contribution in [3.8, 4) is 5.75 Å². The van der Waals surface area contributed by atoms with Crippen molar-refractivity contribution >= 4 is 48.9 Å². The third-order valence-electron chi connectivity index (χ3n) is 4.25. The Bertz CT molecular complexity index is 1250. The van der Waals surface area contributed by atoms with Crippen molar-refractivity contribution in [2.75, 3.05) is 4.72 Å². The number of sulfonamides is 1. The highest BCUT2D eigenvalue weighted by Crippen LogP contribution is 2.38. The molecule has 6 heteroatoms. The van der Waals surface area contributed by atoms with Crippen LogP contribution in [-0.4, -0.2) is 13.5 Å². The van der Waals surface area contributed by atoms with Crippen LogP contribution >= 0.6 is 11.6 Å². The topological polar surface area (TPSA) is 66.4 Å². The summed E-state index contributed by atoms with van der Waals surface area (Å²) in [7, 11) is -3.82. The van der Waals surface area contributed by atoms with E-state index in [-0.39, 0.29) is 15.7 Å². The van der Waals surface area contributed by atoms with Crippen LogP contribution in [0.25, 0.3) is 21.5 Å². The Kier molecular flexibility index (Phi) is 3.98. The maximum absolute atomic E-state index is 12.9. The van der Waals surface area contributed by atoms with E-state index < -0.39 is 10.0 Å². The molecule has 4 rings (SSSR count). The molecule has 0 saturated carbocycles. The van der Waals surface area contributed by atoms with Gasteiger partial charge in [0, 0.05) is 10.8 Å². The second kappa shape index (κ2) is 6.20. The van der Waals surface area contributed by atoms with E-state index in [0.717, 1.165) is 10.8 Å². The first-order chi connectivity index (χ1) is 12.5. The fourth-order valence-corrected chi connectivity index (χ4v) is 4.27. The zero-order valence-corrected chi connectivity index (χ0v) is 15.1. The van der Waals surface area contributed by atoms with Gasteiger partial charge in [-0.1, -0.05) is 66.2 Å². The molecule has 2 N–H and O–H groups in total. The van der Waals surface area contributed by atoms with Gasteiger partial charge >= 0.3 is 0 Å². The van der Waals surface area contributed by atoms with Gasteiger partial charge in [0.1, 0.15) is 5.75 Å². The summed E-state index contributed by atoms with van der Waals surface area (Å²) in [5.41, 5.74) is 0.316. The van der Waals surface area contributed by atoms with Gasteiger partial charge < -0.3 is 5.11 Å². The summed E-state index contributed by atoms with van der Waals surface area (Å²) in [4.78, 5) is 0.157. The van der Waals surface area contributed by atoms with Crippen LogP contribution in [0.2, 0.25) is 5.02 Å². The predicted molar refractivity (Wildman–Crippen MR) is 105 cm³/mol. The second-order valence-electron chi connectivity index (χ2n) is 5.91. The van der Waals surface area contributed by atoms with Crippen LogP contribution in [0.5, 0.6) is 5.75 Å². The molecule has 0 aliphatic rings. The number of aromatic hydroxyl groups is 1. The standard InChI is InChI=1S/C20H14ClNO3S/c21-18-12-19(16-7-3-4-8-17(16)20(18)23)22-26(24,25)15-10-9-13-5-1-2-6-14(13)11-15/h1-12,22-23H. The molecule has 0 aliphatic carbocycles. The number of hydrogen-bond donors (Lipinski definition) is 2. The summed E-state index contributed by atoms with van der Waals surface area (Å²) >= 11 is 6.06. The third kappa shape index (κ3) is 2.85. The van der Waals surface area contributed by atoms with Gasteiger partial charge in [-0.05, 0) is 29.0 Å². The molecule has 0 spiro atoms. The van der Waals surface area contributed by atoms with E-state index in [1.807, 2.05) is 24.3 Å². The number of phenols is 1. The number of halogens is 1. The lowest BCUT2D eigenvalue weighted by Gasteiger charge is -2.13. The van der Waals surface area contributed by atoms with Crippen molar-refractivity contribution in [2.24, 2.45) is 0 Å². The van der Waals surface area contributed by atoms with E-state index in [1.165, 1.54) is 6.07 Å². The molecule has 0 bridgehead atoms. The molecule has 4 aromatic rings. The summed E-state index contributed by atoms with van der Waals surface area (Å²) in [5.74, 6) is -0.0732. The number of rotatable bonds is 3. The average molecular weight is 384 g/mol. The van der Waals surface area contributed by atoms with Gasteiger partial charge in [-0.25, -0.2) is 8.42 Å². The van der Waals surface area contributed by atoms with E-state index in [1.54, 1.807) is 42.5 Å². The summed E-state index contributed by atoms with van der Waals surface area (Å²) in [5, 5.41) is 13.0. The third-order valence-corrected chi connectivity index (χ3v) is 5.90. The normalized spacial score (nSPS) is 11.7. The van der Waals surface area contributed by atoms with Gasteiger partial charge in [-0.15, -0.1) is 0 Å². The molecule has 0 radical (unpaired) electrons. The predicted octanol–water partition coefficient (Wildman–Crippen LogP) is 5.15. The van der Waals surface area contributed by atoms with Crippen molar-refractivity contribution in [3.05, 3.63) is 77.8 Å². The molecule has 0 unspecified atom stereocenters. The molecule has 0 amide bonds. The molecule has 4 nitrogen and oxygen atoms in total. The molecule has 0 atom stereocenters. The zero-order valence-electron chi connectivity index (χ0n) is 13.5. The van der Waals surface area contributed by atoms with E-state index in [9.17, 15) is 13.5 Å². The Labute approximate surface area is 155 Å². The number of benzene rings is 4. The number of anilines is 1. The van der Waals surface area contributed by atoms with Crippen molar-refractivity contribution in [2.45, 2.75) is 4.90 Å². The maximum Gasteiger partial charge on any atom is 0.261 e.